The number of aromatic nitrogens is 1. The maximum atomic E-state index is 10.8. The Morgan fingerprint density at radius 3 is 2.83 bits per heavy atom. The van der Waals surface area contributed by atoms with Gasteiger partial charge in [0.15, 0.2) is 0 Å². The summed E-state index contributed by atoms with van der Waals surface area (Å²) in [4.78, 5) is 23.1. The molecule has 0 saturated carbocycles. The third-order valence-corrected chi connectivity index (χ3v) is 1.32. The highest BCUT2D eigenvalue weighted by Gasteiger charge is 1.92. The van der Waals surface area contributed by atoms with Crippen LogP contribution >= 0.6 is 0 Å². The lowest BCUT2D eigenvalue weighted by Crippen LogP contribution is -2.10. The molecule has 0 saturated heterocycles. The predicted octanol–water partition coefficient (Wildman–Crippen LogP) is 0.169. The highest BCUT2D eigenvalue weighted by Crippen LogP contribution is 2.00. The molecule has 0 amide bonds. The molecule has 1 heterocycles. The van der Waals surface area contributed by atoms with Gasteiger partial charge in [-0.1, -0.05) is 6.08 Å². The van der Waals surface area contributed by atoms with Crippen molar-refractivity contribution in [2.45, 2.75) is 0 Å². The number of nitrogen functional groups attached to an aromatic ring is 1. The minimum Gasteiger partial charge on any atom is -0.394 e. The maximum absolute atomic E-state index is 10.8. The fraction of sp³-hybridized carbons (Fsp3) is 0. The lowest BCUT2D eigenvalue weighted by atomic mass is 10.2. The van der Waals surface area contributed by atoms with E-state index in [1.54, 1.807) is 6.08 Å². The second-order valence-corrected chi connectivity index (χ2v) is 2.21. The van der Waals surface area contributed by atoms with Gasteiger partial charge in [0.1, 0.15) is 6.29 Å². The molecule has 0 unspecified atom stereocenters. The van der Waals surface area contributed by atoms with Crippen LogP contribution < -0.4 is 11.3 Å². The molecule has 0 aromatic carbocycles. The molecule has 4 nitrogen and oxygen atoms in total. The Hall–Kier alpha value is -1.84. The van der Waals surface area contributed by atoms with E-state index in [0.29, 0.717) is 11.8 Å². The monoisotopic (exact) mass is 164 g/mol. The Labute approximate surface area is 68.7 Å². The first kappa shape index (κ1) is 8.26. The number of carbonyl (C=O) groups is 1. The van der Waals surface area contributed by atoms with Crippen molar-refractivity contribution in [2.75, 3.05) is 5.73 Å². The molecule has 4 heteroatoms. The van der Waals surface area contributed by atoms with Crippen molar-refractivity contribution < 1.29 is 4.79 Å². The van der Waals surface area contributed by atoms with Crippen LogP contribution in [0.1, 0.15) is 5.56 Å². The van der Waals surface area contributed by atoms with Crippen molar-refractivity contribution in [1.29, 1.82) is 0 Å². The van der Waals surface area contributed by atoms with Crippen molar-refractivity contribution >= 4 is 18.0 Å². The van der Waals surface area contributed by atoms with Crippen molar-refractivity contribution in [3.05, 3.63) is 34.3 Å². The zero-order valence-corrected chi connectivity index (χ0v) is 6.28. The van der Waals surface area contributed by atoms with E-state index in [9.17, 15) is 9.59 Å². The summed E-state index contributed by atoms with van der Waals surface area (Å²) in [7, 11) is 0. The van der Waals surface area contributed by atoms with Crippen LogP contribution in [0.3, 0.4) is 0 Å². The first-order chi connectivity index (χ1) is 5.74. The molecule has 0 aliphatic carbocycles. The van der Waals surface area contributed by atoms with Gasteiger partial charge in [-0.05, 0) is 17.7 Å². The van der Waals surface area contributed by atoms with Gasteiger partial charge in [0.25, 0.3) is 5.56 Å². The molecule has 0 atom stereocenters. The minimum absolute atomic E-state index is 0.142. The highest BCUT2D eigenvalue weighted by molar-refractivity contribution is 5.74. The number of allylic oxidation sites excluding steroid dienone is 1. The Balaban J connectivity index is 3.05. The molecule has 1 aromatic heterocycles. The summed E-state index contributed by atoms with van der Waals surface area (Å²) in [5.74, 6) is 0. The van der Waals surface area contributed by atoms with Crippen molar-refractivity contribution in [1.82, 2.24) is 4.98 Å². The number of anilines is 1. The SMILES string of the molecule is Nc1cc(C=CC=O)c[nH]c1=O. The number of rotatable bonds is 2. The number of aldehydes is 1. The predicted molar refractivity (Wildman–Crippen MR) is 46.6 cm³/mol. The van der Waals surface area contributed by atoms with E-state index in [0.717, 1.165) is 0 Å². The van der Waals surface area contributed by atoms with Crippen LogP contribution in [0.15, 0.2) is 23.1 Å². The summed E-state index contributed by atoms with van der Waals surface area (Å²) in [6.07, 6.45) is 5.02. The smallest absolute Gasteiger partial charge is 0.271 e. The largest absolute Gasteiger partial charge is 0.394 e. The van der Waals surface area contributed by atoms with E-state index in [1.807, 2.05) is 0 Å². The number of H-pyrrole nitrogens is 1. The third-order valence-electron chi connectivity index (χ3n) is 1.32. The Bertz CT molecular complexity index is 366. The Morgan fingerprint density at radius 2 is 2.25 bits per heavy atom. The van der Waals surface area contributed by atoms with E-state index in [-0.39, 0.29) is 11.2 Å². The van der Waals surface area contributed by atoms with E-state index in [4.69, 9.17) is 5.73 Å². The van der Waals surface area contributed by atoms with E-state index in [1.165, 1.54) is 18.3 Å². The number of pyridine rings is 1. The zero-order valence-electron chi connectivity index (χ0n) is 6.28. The number of hydrogen-bond donors (Lipinski definition) is 2. The highest BCUT2D eigenvalue weighted by atomic mass is 16.1. The van der Waals surface area contributed by atoms with Crippen LogP contribution in [-0.4, -0.2) is 11.3 Å². The molecule has 0 radical (unpaired) electrons. The zero-order chi connectivity index (χ0) is 8.97. The van der Waals surface area contributed by atoms with E-state index < -0.39 is 0 Å². The van der Waals surface area contributed by atoms with Gasteiger partial charge in [-0.25, -0.2) is 0 Å². The van der Waals surface area contributed by atoms with Crippen LogP contribution in [0.25, 0.3) is 6.08 Å². The number of nitrogens with one attached hydrogen (secondary N) is 1. The second kappa shape index (κ2) is 3.52. The quantitative estimate of drug-likeness (QED) is 0.483. The normalized spacial score (nSPS) is 10.3. The van der Waals surface area contributed by atoms with Gasteiger partial charge in [-0.3, -0.25) is 9.59 Å². The van der Waals surface area contributed by atoms with E-state index >= 15 is 0 Å². The molecule has 62 valence electrons. The Morgan fingerprint density at radius 1 is 1.50 bits per heavy atom. The van der Waals surface area contributed by atoms with Gasteiger partial charge >= 0.3 is 0 Å². The van der Waals surface area contributed by atoms with Crippen LogP contribution in [-0.2, 0) is 4.79 Å². The van der Waals surface area contributed by atoms with Crippen molar-refractivity contribution in [3.63, 3.8) is 0 Å². The average Bonchev–Trinajstić information content (AvgIpc) is 2.07. The van der Waals surface area contributed by atoms with Crippen molar-refractivity contribution in [2.24, 2.45) is 0 Å². The summed E-state index contributed by atoms with van der Waals surface area (Å²) in [5.41, 5.74) is 5.84. The second-order valence-electron chi connectivity index (χ2n) is 2.21. The molecule has 0 bridgehead atoms. The molecule has 0 aliphatic heterocycles. The molecule has 12 heavy (non-hydrogen) atoms. The lowest BCUT2D eigenvalue weighted by molar-refractivity contribution is -0.104. The number of aromatic amines is 1. The van der Waals surface area contributed by atoms with Gasteiger partial charge < -0.3 is 10.7 Å². The first-order valence-electron chi connectivity index (χ1n) is 3.34. The molecule has 1 rings (SSSR count). The molecular formula is C8H8N2O2. The minimum atomic E-state index is -0.321. The van der Waals surface area contributed by atoms with Gasteiger partial charge in [-0.2, -0.15) is 0 Å². The summed E-state index contributed by atoms with van der Waals surface area (Å²) in [5, 5.41) is 0. The van der Waals surface area contributed by atoms with Crippen LogP contribution in [0, 0.1) is 0 Å². The molecule has 0 aliphatic rings. The van der Waals surface area contributed by atoms with Crippen LogP contribution in [0.2, 0.25) is 0 Å². The first-order valence-corrected chi connectivity index (χ1v) is 3.34. The van der Waals surface area contributed by atoms with Crippen LogP contribution in [0.4, 0.5) is 5.69 Å². The van der Waals surface area contributed by atoms with Crippen molar-refractivity contribution in [3.8, 4) is 0 Å². The molecule has 0 fully saturated rings. The lowest BCUT2D eigenvalue weighted by Gasteiger charge is -1.93. The molecule has 3 N–H and O–H groups in total. The number of carbonyl (C=O) groups excluding carboxylic acids is 1. The van der Waals surface area contributed by atoms with Gasteiger partial charge in [0, 0.05) is 6.20 Å². The van der Waals surface area contributed by atoms with Gasteiger partial charge in [0.05, 0.1) is 5.69 Å². The summed E-state index contributed by atoms with van der Waals surface area (Å²) in [6, 6.07) is 1.50. The van der Waals surface area contributed by atoms with E-state index in [2.05, 4.69) is 4.98 Å². The molecular weight excluding hydrogens is 156 g/mol. The topological polar surface area (TPSA) is 76.0 Å². The van der Waals surface area contributed by atoms with Gasteiger partial charge in [0.2, 0.25) is 0 Å². The summed E-state index contributed by atoms with van der Waals surface area (Å²) < 4.78 is 0. The maximum Gasteiger partial charge on any atom is 0.271 e. The Kier molecular flexibility index (Phi) is 2.42. The van der Waals surface area contributed by atoms with Crippen LogP contribution in [0.5, 0.6) is 0 Å². The fourth-order valence-electron chi connectivity index (χ4n) is 0.766. The molecule has 1 aromatic rings. The standard InChI is InChI=1S/C8H8N2O2/c9-7-4-6(2-1-3-11)5-10-8(7)12/h1-5H,9H2,(H,10,12). The number of nitrogens with two attached hydrogens (primary N) is 1. The number of hydrogen-bond acceptors (Lipinski definition) is 3. The van der Waals surface area contributed by atoms with Gasteiger partial charge in [-0.15, -0.1) is 0 Å². The fourth-order valence-corrected chi connectivity index (χ4v) is 0.766. The average molecular weight is 164 g/mol. The molecule has 0 spiro atoms. The third kappa shape index (κ3) is 1.82. The summed E-state index contributed by atoms with van der Waals surface area (Å²) >= 11 is 0. The summed E-state index contributed by atoms with van der Waals surface area (Å²) in [6.45, 7) is 0.